The topological polar surface area (TPSA) is 24.5 Å². The first-order valence-corrected chi connectivity index (χ1v) is 9.60. The van der Waals surface area contributed by atoms with Gasteiger partial charge in [0.1, 0.15) is 12.4 Å². The molecule has 1 N–H and O–H groups in total. The van der Waals surface area contributed by atoms with E-state index in [1.165, 1.54) is 30.4 Å². The number of ether oxygens (including phenoxy) is 1. The number of rotatable bonds is 7. The van der Waals surface area contributed by atoms with Crippen LogP contribution in [0.3, 0.4) is 0 Å². The third-order valence-corrected chi connectivity index (χ3v) is 5.34. The summed E-state index contributed by atoms with van der Waals surface area (Å²) < 4.78 is 6.06. The molecule has 27 heavy (non-hydrogen) atoms. The molecule has 1 saturated heterocycles. The molecule has 4 rings (SSSR count). The van der Waals surface area contributed by atoms with E-state index in [2.05, 4.69) is 58.7 Å². The smallest absolute Gasteiger partial charge is 0.120 e. The number of hydrogen-bond donors (Lipinski definition) is 1. The van der Waals surface area contributed by atoms with E-state index in [4.69, 9.17) is 4.74 Å². The van der Waals surface area contributed by atoms with Gasteiger partial charge in [-0.15, -0.1) is 24.8 Å². The predicted molar refractivity (Wildman–Crippen MR) is 116 cm³/mol. The van der Waals surface area contributed by atoms with Gasteiger partial charge in [-0.2, -0.15) is 0 Å². The Bertz CT molecular complexity index is 673. The summed E-state index contributed by atoms with van der Waals surface area (Å²) >= 11 is 0. The second kappa shape index (κ2) is 10.9. The van der Waals surface area contributed by atoms with E-state index >= 15 is 0 Å². The van der Waals surface area contributed by atoms with Crippen LogP contribution in [0, 0.1) is 5.92 Å². The van der Waals surface area contributed by atoms with Crippen molar-refractivity contribution in [2.45, 2.75) is 31.9 Å². The van der Waals surface area contributed by atoms with Gasteiger partial charge in [-0.3, -0.25) is 4.90 Å². The molecule has 1 aliphatic carbocycles. The minimum atomic E-state index is 0. The lowest BCUT2D eigenvalue weighted by Crippen LogP contribution is -2.45. The van der Waals surface area contributed by atoms with Crippen LogP contribution < -0.4 is 10.1 Å². The molecule has 1 atom stereocenters. The number of piperazine rings is 1. The zero-order valence-corrected chi connectivity index (χ0v) is 17.3. The number of hydrogen-bond acceptors (Lipinski definition) is 3. The van der Waals surface area contributed by atoms with Gasteiger partial charge in [-0.05, 0) is 35.6 Å². The highest BCUT2D eigenvalue weighted by atomic mass is 35.5. The number of benzene rings is 2. The summed E-state index contributed by atoms with van der Waals surface area (Å²) in [5.74, 6) is 1.91. The molecule has 0 spiro atoms. The molecule has 148 valence electrons. The van der Waals surface area contributed by atoms with Crippen molar-refractivity contribution in [3.05, 3.63) is 65.7 Å². The molecule has 2 fully saturated rings. The molecule has 0 amide bonds. The minimum Gasteiger partial charge on any atom is -0.489 e. The first-order chi connectivity index (χ1) is 12.4. The molecule has 0 radical (unpaired) electrons. The molecule has 0 aromatic heterocycles. The van der Waals surface area contributed by atoms with Crippen molar-refractivity contribution in [1.29, 1.82) is 0 Å². The van der Waals surface area contributed by atoms with E-state index in [0.717, 1.165) is 37.8 Å². The predicted octanol–water partition coefficient (Wildman–Crippen LogP) is 4.86. The lowest BCUT2D eigenvalue weighted by atomic mass is 9.98. The summed E-state index contributed by atoms with van der Waals surface area (Å²) in [6, 6.07) is 19.7. The van der Waals surface area contributed by atoms with Crippen molar-refractivity contribution in [2.75, 3.05) is 26.2 Å². The third-order valence-electron chi connectivity index (χ3n) is 5.34. The zero-order chi connectivity index (χ0) is 16.9. The second-order valence-corrected chi connectivity index (χ2v) is 7.33. The molecule has 2 aromatic carbocycles. The van der Waals surface area contributed by atoms with E-state index in [0.29, 0.717) is 12.6 Å². The van der Waals surface area contributed by atoms with Crippen LogP contribution in [-0.2, 0) is 6.61 Å². The van der Waals surface area contributed by atoms with Crippen molar-refractivity contribution < 1.29 is 4.74 Å². The molecular formula is C22H30Cl2N2O. The first kappa shape index (κ1) is 22.0. The summed E-state index contributed by atoms with van der Waals surface area (Å²) in [5, 5.41) is 3.47. The maximum Gasteiger partial charge on any atom is 0.120 e. The molecule has 2 aromatic rings. The van der Waals surface area contributed by atoms with Gasteiger partial charge in [0.25, 0.3) is 0 Å². The largest absolute Gasteiger partial charge is 0.489 e. The molecule has 5 heteroatoms. The molecule has 3 nitrogen and oxygen atoms in total. The van der Waals surface area contributed by atoms with Gasteiger partial charge in [-0.1, -0.05) is 55.3 Å². The Kier molecular flexibility index (Phi) is 8.91. The van der Waals surface area contributed by atoms with Crippen molar-refractivity contribution in [1.82, 2.24) is 10.2 Å². The van der Waals surface area contributed by atoms with Crippen LogP contribution in [0.5, 0.6) is 5.75 Å². The fraction of sp³-hybridized carbons (Fsp3) is 0.455. The maximum atomic E-state index is 6.06. The minimum absolute atomic E-state index is 0. The highest BCUT2D eigenvalue weighted by Crippen LogP contribution is 2.40. The highest BCUT2D eigenvalue weighted by Gasteiger charge is 2.30. The third kappa shape index (κ3) is 6.39. The van der Waals surface area contributed by atoms with Gasteiger partial charge >= 0.3 is 0 Å². The summed E-state index contributed by atoms with van der Waals surface area (Å²) in [7, 11) is 0. The highest BCUT2D eigenvalue weighted by molar-refractivity contribution is 5.85. The Labute approximate surface area is 175 Å². The van der Waals surface area contributed by atoms with Crippen molar-refractivity contribution >= 4 is 24.8 Å². The summed E-state index contributed by atoms with van der Waals surface area (Å²) in [5.41, 5.74) is 2.63. The Morgan fingerprint density at radius 1 is 0.963 bits per heavy atom. The Morgan fingerprint density at radius 2 is 1.70 bits per heavy atom. The SMILES string of the molecule is Cl.Cl.c1ccc(COc2cccc([C@H](CC3CC3)N3CCNCC3)c2)cc1. The molecule has 1 heterocycles. The number of halogens is 2. The van der Waals surface area contributed by atoms with E-state index in [-0.39, 0.29) is 24.8 Å². The van der Waals surface area contributed by atoms with E-state index in [1.54, 1.807) is 0 Å². The molecule has 2 aliphatic rings. The quantitative estimate of drug-likeness (QED) is 0.707. The average Bonchev–Trinajstić information content (AvgIpc) is 3.50. The van der Waals surface area contributed by atoms with Crippen LogP contribution in [0.2, 0.25) is 0 Å². The monoisotopic (exact) mass is 408 g/mol. The van der Waals surface area contributed by atoms with Gasteiger partial charge in [0.2, 0.25) is 0 Å². The van der Waals surface area contributed by atoms with Gasteiger partial charge in [-0.25, -0.2) is 0 Å². The second-order valence-electron chi connectivity index (χ2n) is 7.33. The van der Waals surface area contributed by atoms with E-state index < -0.39 is 0 Å². The molecular weight excluding hydrogens is 379 g/mol. The van der Waals surface area contributed by atoms with Crippen LogP contribution in [0.4, 0.5) is 0 Å². The Hall–Kier alpha value is -1.26. The van der Waals surface area contributed by atoms with Gasteiger partial charge in [0.15, 0.2) is 0 Å². The van der Waals surface area contributed by atoms with Crippen LogP contribution in [-0.4, -0.2) is 31.1 Å². The molecule has 0 unspecified atom stereocenters. The lowest BCUT2D eigenvalue weighted by Gasteiger charge is -2.35. The average molecular weight is 409 g/mol. The molecule has 1 aliphatic heterocycles. The molecule has 1 saturated carbocycles. The van der Waals surface area contributed by atoms with Crippen molar-refractivity contribution in [3.63, 3.8) is 0 Å². The lowest BCUT2D eigenvalue weighted by molar-refractivity contribution is 0.160. The summed E-state index contributed by atoms with van der Waals surface area (Å²) in [6.45, 7) is 5.13. The van der Waals surface area contributed by atoms with Crippen molar-refractivity contribution in [2.24, 2.45) is 5.92 Å². The van der Waals surface area contributed by atoms with E-state index in [9.17, 15) is 0 Å². The maximum absolute atomic E-state index is 6.06. The summed E-state index contributed by atoms with van der Waals surface area (Å²) in [6.07, 6.45) is 4.11. The standard InChI is InChI=1S/C22H28N2O.2ClH/c1-2-5-19(6-3-1)17-25-21-8-4-7-20(16-21)22(15-18-9-10-18)24-13-11-23-12-14-24;;/h1-8,16,18,22-23H,9-15,17H2;2*1H/t22-;;/m0../s1. The fourth-order valence-electron chi connectivity index (χ4n) is 3.71. The van der Waals surface area contributed by atoms with Gasteiger partial charge < -0.3 is 10.1 Å². The number of nitrogens with one attached hydrogen (secondary N) is 1. The Balaban J connectivity index is 0.00000131. The Morgan fingerprint density at radius 3 is 2.41 bits per heavy atom. The fourth-order valence-corrected chi connectivity index (χ4v) is 3.71. The zero-order valence-electron chi connectivity index (χ0n) is 15.7. The van der Waals surface area contributed by atoms with Gasteiger partial charge in [0, 0.05) is 32.2 Å². The van der Waals surface area contributed by atoms with Gasteiger partial charge in [0.05, 0.1) is 0 Å². The van der Waals surface area contributed by atoms with Crippen molar-refractivity contribution in [3.8, 4) is 5.75 Å². The van der Waals surface area contributed by atoms with Crippen LogP contribution in [0.15, 0.2) is 54.6 Å². The van der Waals surface area contributed by atoms with Crippen LogP contribution in [0.25, 0.3) is 0 Å². The van der Waals surface area contributed by atoms with Crippen LogP contribution in [0.1, 0.15) is 36.4 Å². The van der Waals surface area contributed by atoms with Crippen LogP contribution >= 0.6 is 24.8 Å². The number of nitrogens with zero attached hydrogens (tertiary/aromatic N) is 1. The van der Waals surface area contributed by atoms with E-state index in [1.807, 2.05) is 6.07 Å². The normalized spacial score (nSPS) is 18.1. The first-order valence-electron chi connectivity index (χ1n) is 9.60. The summed E-state index contributed by atoms with van der Waals surface area (Å²) in [4.78, 5) is 2.66. The molecule has 0 bridgehead atoms.